The lowest BCUT2D eigenvalue weighted by molar-refractivity contribution is -0.125. The summed E-state index contributed by atoms with van der Waals surface area (Å²) in [6, 6.07) is 5.75. The Kier molecular flexibility index (Phi) is 6.04. The Morgan fingerprint density at radius 2 is 2.10 bits per heavy atom. The summed E-state index contributed by atoms with van der Waals surface area (Å²) in [5, 5.41) is 3.94. The van der Waals surface area contributed by atoms with E-state index in [-0.39, 0.29) is 17.9 Å². The third-order valence-corrected chi connectivity index (χ3v) is 5.92. The monoisotopic (exact) mass is 415 g/mol. The van der Waals surface area contributed by atoms with Crippen molar-refractivity contribution in [1.82, 2.24) is 15.3 Å². The molecule has 29 heavy (non-hydrogen) atoms. The normalized spacial score (nSPS) is 21.9. The fourth-order valence-electron chi connectivity index (χ4n) is 4.18. The van der Waals surface area contributed by atoms with Crippen LogP contribution in [0.5, 0.6) is 5.75 Å². The zero-order valence-electron chi connectivity index (χ0n) is 16.6. The number of hydrogen-bond donors (Lipinski definition) is 1. The highest BCUT2D eigenvalue weighted by molar-refractivity contribution is 6.30. The van der Waals surface area contributed by atoms with E-state index < -0.39 is 0 Å². The summed E-state index contributed by atoms with van der Waals surface area (Å²) in [5.41, 5.74) is 0.975. The van der Waals surface area contributed by atoms with E-state index in [0.29, 0.717) is 11.6 Å². The molecular weight excluding hydrogens is 390 g/mol. The van der Waals surface area contributed by atoms with E-state index in [1.54, 1.807) is 25.7 Å². The maximum absolute atomic E-state index is 12.9. The van der Waals surface area contributed by atoms with Crippen LogP contribution in [-0.2, 0) is 4.79 Å². The number of rotatable bonds is 5. The van der Waals surface area contributed by atoms with E-state index in [2.05, 4.69) is 25.1 Å². The highest BCUT2D eigenvalue weighted by Crippen LogP contribution is 2.33. The summed E-state index contributed by atoms with van der Waals surface area (Å²) in [5.74, 6) is 1.74. The van der Waals surface area contributed by atoms with Crippen LogP contribution in [0, 0.1) is 5.92 Å². The smallest absolute Gasteiger partial charge is 0.225 e. The van der Waals surface area contributed by atoms with Gasteiger partial charge in [-0.2, -0.15) is 0 Å². The molecule has 0 spiro atoms. The number of methoxy groups -OCH3 is 1. The van der Waals surface area contributed by atoms with Gasteiger partial charge >= 0.3 is 0 Å². The molecule has 2 aromatic rings. The number of nitrogens with one attached hydrogen (secondary N) is 1. The minimum Gasteiger partial charge on any atom is -0.495 e. The van der Waals surface area contributed by atoms with E-state index in [0.717, 1.165) is 56.2 Å². The van der Waals surface area contributed by atoms with Gasteiger partial charge in [0, 0.05) is 49.6 Å². The first-order valence-electron chi connectivity index (χ1n) is 10.0. The molecule has 0 aliphatic carbocycles. The number of halogens is 1. The van der Waals surface area contributed by atoms with Gasteiger partial charge in [-0.15, -0.1) is 0 Å². The van der Waals surface area contributed by atoms with E-state index in [1.165, 1.54) is 0 Å². The van der Waals surface area contributed by atoms with Gasteiger partial charge in [-0.25, -0.2) is 4.98 Å². The molecule has 1 aromatic heterocycles. The number of carbonyl (C=O) groups excluding carboxylic acids is 1. The zero-order valence-corrected chi connectivity index (χ0v) is 17.3. The number of carbonyl (C=O) groups is 1. The van der Waals surface area contributed by atoms with Gasteiger partial charge in [-0.1, -0.05) is 11.6 Å². The van der Waals surface area contributed by atoms with Crippen molar-refractivity contribution in [2.75, 3.05) is 43.1 Å². The molecule has 2 aliphatic heterocycles. The summed E-state index contributed by atoms with van der Waals surface area (Å²) < 4.78 is 5.47. The van der Waals surface area contributed by atoms with Gasteiger partial charge in [0.05, 0.1) is 24.9 Å². The molecule has 2 atom stereocenters. The number of piperidine rings is 1. The van der Waals surface area contributed by atoms with E-state index >= 15 is 0 Å². The Labute approximate surface area is 176 Å². The SMILES string of the molecule is COc1ccc(Cl)cc1N1CCC(NC(=O)C2CCCN(c3cnccn3)C2)C1. The van der Waals surface area contributed by atoms with Gasteiger partial charge in [0.25, 0.3) is 0 Å². The summed E-state index contributed by atoms with van der Waals surface area (Å²) >= 11 is 6.17. The predicted molar refractivity (Wildman–Crippen MR) is 114 cm³/mol. The Bertz CT molecular complexity index is 850. The number of benzene rings is 1. The van der Waals surface area contributed by atoms with Crippen molar-refractivity contribution in [2.45, 2.75) is 25.3 Å². The molecule has 0 saturated carbocycles. The minimum atomic E-state index is -0.0273. The van der Waals surface area contributed by atoms with Crippen molar-refractivity contribution < 1.29 is 9.53 Å². The first-order valence-corrected chi connectivity index (χ1v) is 10.4. The highest BCUT2D eigenvalue weighted by Gasteiger charge is 2.31. The van der Waals surface area contributed by atoms with Crippen molar-refractivity contribution in [2.24, 2.45) is 5.92 Å². The Morgan fingerprint density at radius 3 is 2.90 bits per heavy atom. The van der Waals surface area contributed by atoms with Crippen LogP contribution in [0.1, 0.15) is 19.3 Å². The van der Waals surface area contributed by atoms with Crippen molar-refractivity contribution >= 4 is 29.0 Å². The standard InChI is InChI=1S/C21H26ClN5O2/c1-29-19-5-4-16(22)11-18(19)26-10-6-17(14-26)25-21(28)15-3-2-9-27(13-15)20-12-23-7-8-24-20/h4-5,7-8,11-12,15,17H,2-3,6,9-10,13-14H2,1H3,(H,25,28). The summed E-state index contributed by atoms with van der Waals surface area (Å²) in [6.45, 7) is 3.21. The molecule has 1 aromatic carbocycles. The van der Waals surface area contributed by atoms with Crippen molar-refractivity contribution in [3.63, 3.8) is 0 Å². The van der Waals surface area contributed by atoms with Gasteiger partial charge in [0.1, 0.15) is 11.6 Å². The maximum Gasteiger partial charge on any atom is 0.225 e. The molecule has 1 N–H and O–H groups in total. The molecule has 2 aliphatic rings. The van der Waals surface area contributed by atoms with E-state index in [4.69, 9.17) is 16.3 Å². The summed E-state index contributed by atoms with van der Waals surface area (Å²) in [6.07, 6.45) is 7.90. The Hall–Kier alpha value is -2.54. The molecule has 0 radical (unpaired) electrons. The third-order valence-electron chi connectivity index (χ3n) is 5.68. The Morgan fingerprint density at radius 1 is 1.21 bits per heavy atom. The maximum atomic E-state index is 12.9. The molecule has 7 nitrogen and oxygen atoms in total. The van der Waals surface area contributed by atoms with Crippen molar-refractivity contribution in [3.05, 3.63) is 41.8 Å². The molecule has 3 heterocycles. The molecule has 4 rings (SSSR count). The lowest BCUT2D eigenvalue weighted by Crippen LogP contribution is -2.47. The molecular formula is C21H26ClN5O2. The number of ether oxygens (including phenoxy) is 1. The molecule has 1 amide bonds. The molecule has 2 saturated heterocycles. The van der Waals surface area contributed by atoms with Gasteiger partial charge in [-0.3, -0.25) is 9.78 Å². The van der Waals surface area contributed by atoms with Crippen LogP contribution in [0.4, 0.5) is 11.5 Å². The second-order valence-electron chi connectivity index (χ2n) is 7.61. The van der Waals surface area contributed by atoms with Crippen LogP contribution in [0.15, 0.2) is 36.8 Å². The number of nitrogens with zero attached hydrogens (tertiary/aromatic N) is 4. The van der Waals surface area contributed by atoms with Crippen LogP contribution >= 0.6 is 11.6 Å². The highest BCUT2D eigenvalue weighted by atomic mass is 35.5. The zero-order chi connectivity index (χ0) is 20.2. The predicted octanol–water partition coefficient (Wildman–Crippen LogP) is 2.75. The van der Waals surface area contributed by atoms with Gasteiger partial charge in [0.2, 0.25) is 5.91 Å². The first-order chi connectivity index (χ1) is 14.1. The van der Waals surface area contributed by atoms with Gasteiger partial charge in [0.15, 0.2) is 0 Å². The molecule has 2 unspecified atom stereocenters. The van der Waals surface area contributed by atoms with Gasteiger partial charge in [-0.05, 0) is 37.5 Å². The van der Waals surface area contributed by atoms with Crippen LogP contribution in [-0.4, -0.2) is 55.2 Å². The minimum absolute atomic E-state index is 0.0273. The number of anilines is 2. The molecule has 0 bridgehead atoms. The average molecular weight is 416 g/mol. The molecule has 154 valence electrons. The topological polar surface area (TPSA) is 70.6 Å². The summed E-state index contributed by atoms with van der Waals surface area (Å²) in [7, 11) is 1.66. The number of aromatic nitrogens is 2. The van der Waals surface area contributed by atoms with E-state index in [1.807, 2.05) is 18.2 Å². The van der Waals surface area contributed by atoms with Crippen LogP contribution in [0.25, 0.3) is 0 Å². The summed E-state index contributed by atoms with van der Waals surface area (Å²) in [4.78, 5) is 25.8. The van der Waals surface area contributed by atoms with Crippen molar-refractivity contribution in [3.8, 4) is 5.75 Å². The van der Waals surface area contributed by atoms with Crippen LogP contribution in [0.2, 0.25) is 5.02 Å². The largest absolute Gasteiger partial charge is 0.495 e. The fourth-order valence-corrected chi connectivity index (χ4v) is 4.35. The second-order valence-corrected chi connectivity index (χ2v) is 8.04. The average Bonchev–Trinajstić information content (AvgIpc) is 3.22. The molecule has 8 heteroatoms. The van der Waals surface area contributed by atoms with Crippen LogP contribution < -0.4 is 19.9 Å². The number of hydrogen-bond acceptors (Lipinski definition) is 6. The first kappa shape index (κ1) is 19.8. The van der Waals surface area contributed by atoms with Crippen molar-refractivity contribution in [1.29, 1.82) is 0 Å². The lowest BCUT2D eigenvalue weighted by atomic mass is 9.96. The number of amides is 1. The Balaban J connectivity index is 1.35. The lowest BCUT2D eigenvalue weighted by Gasteiger charge is -2.33. The van der Waals surface area contributed by atoms with Gasteiger partial charge < -0.3 is 19.9 Å². The quantitative estimate of drug-likeness (QED) is 0.809. The van der Waals surface area contributed by atoms with Crippen LogP contribution in [0.3, 0.4) is 0 Å². The second kappa shape index (κ2) is 8.86. The fraction of sp³-hybridized carbons (Fsp3) is 0.476. The van der Waals surface area contributed by atoms with E-state index in [9.17, 15) is 4.79 Å². The third kappa shape index (κ3) is 4.56. The molecule has 2 fully saturated rings.